The molecule has 4 rings (SSSR count). The molecule has 0 radical (unpaired) electrons. The predicted octanol–water partition coefficient (Wildman–Crippen LogP) is 1.63. The average Bonchev–Trinajstić information content (AvgIpc) is 2.98. The lowest BCUT2D eigenvalue weighted by Gasteiger charge is -2.24. The number of hydrogen-bond donors (Lipinski definition) is 1. The second kappa shape index (κ2) is 6.07. The van der Waals surface area contributed by atoms with Crippen LogP contribution >= 0.6 is 0 Å². The zero-order valence-electron chi connectivity index (χ0n) is 13.9. The summed E-state index contributed by atoms with van der Waals surface area (Å²) in [4.78, 5) is 32.9. The van der Waals surface area contributed by atoms with Gasteiger partial charge in [-0.15, -0.1) is 0 Å². The highest BCUT2D eigenvalue weighted by atomic mass is 16.2. The standard InChI is InChI=1S/C18H24N4O2/c23-16(20-12-14-4-3-6-19-11-14)15-10-18(15)5-9-22(13-18)17(24)21-7-1-2-8-21/h3-4,6,11,15H,1-2,5,7-10,12-13H2,(H,20,23)/t15-,18+/m0/s1. The van der Waals surface area contributed by atoms with Gasteiger partial charge in [0, 0.05) is 56.5 Å². The third kappa shape index (κ3) is 2.85. The molecule has 1 aliphatic carbocycles. The van der Waals surface area contributed by atoms with Crippen LogP contribution < -0.4 is 5.32 Å². The SMILES string of the molecule is O=C(NCc1cccnc1)[C@@H]1C[C@@]12CCN(C(=O)N1CCCC1)C2. The van der Waals surface area contributed by atoms with Crippen molar-refractivity contribution in [1.29, 1.82) is 0 Å². The summed E-state index contributed by atoms with van der Waals surface area (Å²) in [5.74, 6) is 0.180. The zero-order valence-corrected chi connectivity index (χ0v) is 13.9. The summed E-state index contributed by atoms with van der Waals surface area (Å²) in [5.41, 5.74) is 1.05. The predicted molar refractivity (Wildman–Crippen MR) is 89.0 cm³/mol. The van der Waals surface area contributed by atoms with Crippen LogP contribution in [0.25, 0.3) is 0 Å². The van der Waals surface area contributed by atoms with Crippen molar-refractivity contribution in [3.8, 4) is 0 Å². The number of amides is 3. The van der Waals surface area contributed by atoms with Crippen LogP contribution in [0.15, 0.2) is 24.5 Å². The van der Waals surface area contributed by atoms with E-state index in [1.165, 1.54) is 0 Å². The monoisotopic (exact) mass is 328 g/mol. The summed E-state index contributed by atoms with van der Waals surface area (Å²) in [5, 5.41) is 3.02. The quantitative estimate of drug-likeness (QED) is 0.917. The zero-order chi connectivity index (χ0) is 16.6. The maximum atomic E-state index is 12.5. The molecule has 3 heterocycles. The molecule has 24 heavy (non-hydrogen) atoms. The molecule has 128 valence electrons. The summed E-state index contributed by atoms with van der Waals surface area (Å²) in [6, 6.07) is 4.01. The number of aromatic nitrogens is 1. The van der Waals surface area contributed by atoms with Crippen LogP contribution in [-0.2, 0) is 11.3 Å². The van der Waals surface area contributed by atoms with Gasteiger partial charge in [-0.2, -0.15) is 0 Å². The average molecular weight is 328 g/mol. The highest BCUT2D eigenvalue weighted by Crippen LogP contribution is 2.58. The molecule has 1 aromatic rings. The third-order valence-electron chi connectivity index (χ3n) is 5.73. The lowest BCUT2D eigenvalue weighted by molar-refractivity contribution is -0.123. The van der Waals surface area contributed by atoms with Gasteiger partial charge in [0.15, 0.2) is 0 Å². The Balaban J connectivity index is 1.29. The molecule has 3 aliphatic rings. The van der Waals surface area contributed by atoms with Gasteiger partial charge in [-0.25, -0.2) is 4.79 Å². The minimum atomic E-state index is 0.0361. The molecular formula is C18H24N4O2. The van der Waals surface area contributed by atoms with E-state index in [2.05, 4.69) is 10.3 Å². The van der Waals surface area contributed by atoms with Crippen LogP contribution in [0.3, 0.4) is 0 Å². The van der Waals surface area contributed by atoms with Crippen molar-refractivity contribution in [3.63, 3.8) is 0 Å². The molecule has 0 bridgehead atoms. The molecule has 6 nitrogen and oxygen atoms in total. The summed E-state index contributed by atoms with van der Waals surface area (Å²) in [6.07, 6.45) is 7.60. The van der Waals surface area contributed by atoms with E-state index in [0.29, 0.717) is 6.54 Å². The van der Waals surface area contributed by atoms with Crippen LogP contribution in [-0.4, -0.2) is 52.9 Å². The van der Waals surface area contributed by atoms with Gasteiger partial charge in [0.05, 0.1) is 0 Å². The van der Waals surface area contributed by atoms with E-state index >= 15 is 0 Å². The van der Waals surface area contributed by atoms with E-state index in [-0.39, 0.29) is 23.3 Å². The molecular weight excluding hydrogens is 304 g/mol. The molecule has 3 amide bonds. The van der Waals surface area contributed by atoms with Crippen molar-refractivity contribution in [2.24, 2.45) is 11.3 Å². The molecule has 6 heteroatoms. The van der Waals surface area contributed by atoms with Crippen LogP contribution in [0, 0.1) is 11.3 Å². The number of urea groups is 1. The van der Waals surface area contributed by atoms with Crippen molar-refractivity contribution in [1.82, 2.24) is 20.1 Å². The van der Waals surface area contributed by atoms with Crippen LogP contribution in [0.1, 0.15) is 31.2 Å². The first-order chi connectivity index (χ1) is 11.7. The molecule has 1 spiro atoms. The Morgan fingerprint density at radius 2 is 2.08 bits per heavy atom. The van der Waals surface area contributed by atoms with Crippen molar-refractivity contribution < 1.29 is 9.59 Å². The summed E-state index contributed by atoms with van der Waals surface area (Å²) < 4.78 is 0. The minimum absolute atomic E-state index is 0.0361. The second-order valence-corrected chi connectivity index (χ2v) is 7.35. The van der Waals surface area contributed by atoms with Crippen LogP contribution in [0.5, 0.6) is 0 Å². The van der Waals surface area contributed by atoms with Crippen molar-refractivity contribution in [2.45, 2.75) is 32.2 Å². The fourth-order valence-electron chi connectivity index (χ4n) is 4.15. The molecule has 1 saturated carbocycles. The normalized spacial score (nSPS) is 28.4. The van der Waals surface area contributed by atoms with Gasteiger partial charge < -0.3 is 15.1 Å². The molecule has 2 saturated heterocycles. The molecule has 1 N–H and O–H groups in total. The first kappa shape index (κ1) is 15.4. The lowest BCUT2D eigenvalue weighted by atomic mass is 10.0. The number of nitrogens with zero attached hydrogens (tertiary/aromatic N) is 3. The number of rotatable bonds is 3. The Labute approximate surface area is 142 Å². The molecule has 0 unspecified atom stereocenters. The van der Waals surface area contributed by atoms with Crippen LogP contribution in [0.2, 0.25) is 0 Å². The van der Waals surface area contributed by atoms with E-state index in [9.17, 15) is 9.59 Å². The van der Waals surface area contributed by atoms with Gasteiger partial charge >= 0.3 is 6.03 Å². The fraction of sp³-hybridized carbons (Fsp3) is 0.611. The molecule has 2 atom stereocenters. The Morgan fingerprint density at radius 3 is 2.83 bits per heavy atom. The number of likely N-dealkylation sites (tertiary alicyclic amines) is 2. The highest BCUT2D eigenvalue weighted by molar-refractivity contribution is 5.83. The van der Waals surface area contributed by atoms with Crippen LogP contribution in [0.4, 0.5) is 4.79 Å². The fourth-order valence-corrected chi connectivity index (χ4v) is 4.15. The van der Waals surface area contributed by atoms with Gasteiger partial charge in [0.1, 0.15) is 0 Å². The Bertz CT molecular complexity index is 629. The number of carbonyl (C=O) groups is 2. The molecule has 2 aliphatic heterocycles. The first-order valence-electron chi connectivity index (χ1n) is 8.88. The highest BCUT2D eigenvalue weighted by Gasteiger charge is 2.61. The first-order valence-corrected chi connectivity index (χ1v) is 8.88. The second-order valence-electron chi connectivity index (χ2n) is 7.35. The summed E-state index contributed by atoms with van der Waals surface area (Å²) in [6.45, 7) is 3.83. The number of hydrogen-bond acceptors (Lipinski definition) is 3. The Kier molecular flexibility index (Phi) is 3.90. The molecule has 3 fully saturated rings. The third-order valence-corrected chi connectivity index (χ3v) is 5.73. The Hall–Kier alpha value is -2.11. The maximum absolute atomic E-state index is 12.5. The maximum Gasteiger partial charge on any atom is 0.320 e. The summed E-state index contributed by atoms with van der Waals surface area (Å²) in [7, 11) is 0. The van der Waals surface area contributed by atoms with E-state index < -0.39 is 0 Å². The molecule has 0 aromatic carbocycles. The van der Waals surface area contributed by atoms with Crippen molar-refractivity contribution in [3.05, 3.63) is 30.1 Å². The van der Waals surface area contributed by atoms with Crippen molar-refractivity contribution in [2.75, 3.05) is 26.2 Å². The topological polar surface area (TPSA) is 65.5 Å². The minimum Gasteiger partial charge on any atom is -0.352 e. The summed E-state index contributed by atoms with van der Waals surface area (Å²) >= 11 is 0. The van der Waals surface area contributed by atoms with Gasteiger partial charge in [0.25, 0.3) is 0 Å². The van der Waals surface area contributed by atoms with Crippen molar-refractivity contribution >= 4 is 11.9 Å². The number of pyridine rings is 1. The smallest absolute Gasteiger partial charge is 0.320 e. The largest absolute Gasteiger partial charge is 0.352 e. The van der Waals surface area contributed by atoms with Gasteiger partial charge in [-0.05, 0) is 37.3 Å². The number of carbonyl (C=O) groups excluding carboxylic acids is 2. The van der Waals surface area contributed by atoms with E-state index in [1.807, 2.05) is 21.9 Å². The van der Waals surface area contributed by atoms with E-state index in [4.69, 9.17) is 0 Å². The van der Waals surface area contributed by atoms with E-state index in [1.54, 1.807) is 12.4 Å². The number of nitrogens with one attached hydrogen (secondary N) is 1. The van der Waals surface area contributed by atoms with Gasteiger partial charge in [0.2, 0.25) is 5.91 Å². The van der Waals surface area contributed by atoms with Gasteiger partial charge in [-0.3, -0.25) is 9.78 Å². The Morgan fingerprint density at radius 1 is 1.25 bits per heavy atom. The van der Waals surface area contributed by atoms with E-state index in [0.717, 1.165) is 57.4 Å². The van der Waals surface area contributed by atoms with Gasteiger partial charge in [-0.1, -0.05) is 6.07 Å². The lowest BCUT2D eigenvalue weighted by Crippen LogP contribution is -2.40. The molecule has 1 aromatic heterocycles.